The minimum atomic E-state index is -0.265. The summed E-state index contributed by atoms with van der Waals surface area (Å²) in [6.45, 7) is 11.3. The van der Waals surface area contributed by atoms with E-state index in [9.17, 15) is 4.79 Å². The summed E-state index contributed by atoms with van der Waals surface area (Å²) in [6.07, 6.45) is 0. The Labute approximate surface area is 169 Å². The Morgan fingerprint density at radius 2 is 1.81 bits per heavy atom. The third-order valence-electron chi connectivity index (χ3n) is 4.19. The Balaban J connectivity index is 0. The Bertz CT molecular complexity index is 526. The van der Waals surface area contributed by atoms with Gasteiger partial charge in [0, 0.05) is 24.3 Å². The van der Waals surface area contributed by atoms with E-state index in [1.165, 1.54) is 0 Å². The normalized spacial score (nSPS) is 12.4. The molecular formula is C18H33Cl2N3O3. The molecule has 0 heterocycles. The van der Waals surface area contributed by atoms with Crippen LogP contribution in [0.15, 0.2) is 18.2 Å². The first-order valence-electron chi connectivity index (χ1n) is 8.52. The van der Waals surface area contributed by atoms with Crippen LogP contribution < -0.4 is 20.5 Å². The number of hydrogen-bond donors (Lipinski definition) is 2. The second-order valence-corrected chi connectivity index (χ2v) is 5.88. The van der Waals surface area contributed by atoms with Crippen molar-refractivity contribution in [2.75, 3.05) is 38.7 Å². The van der Waals surface area contributed by atoms with Gasteiger partial charge in [-0.05, 0) is 32.1 Å². The highest BCUT2D eigenvalue weighted by Crippen LogP contribution is 2.30. The average Bonchev–Trinajstić information content (AvgIpc) is 2.58. The zero-order chi connectivity index (χ0) is 18.1. The van der Waals surface area contributed by atoms with Gasteiger partial charge in [-0.3, -0.25) is 4.79 Å². The summed E-state index contributed by atoms with van der Waals surface area (Å²) in [5.74, 6) is 0.895. The number of nitrogens with two attached hydrogens (primary N) is 1. The lowest BCUT2D eigenvalue weighted by molar-refractivity contribution is -0.119. The van der Waals surface area contributed by atoms with Crippen LogP contribution in [0.5, 0.6) is 11.5 Å². The Kier molecular flexibility index (Phi) is 14.5. The Hall–Kier alpha value is -1.21. The lowest BCUT2D eigenvalue weighted by atomic mass is 10.0. The maximum atomic E-state index is 12.1. The minimum Gasteiger partial charge on any atom is -0.493 e. The highest BCUT2D eigenvalue weighted by atomic mass is 35.5. The molecule has 0 aromatic heterocycles. The lowest BCUT2D eigenvalue weighted by Gasteiger charge is -2.19. The van der Waals surface area contributed by atoms with Crippen LogP contribution in [0.2, 0.25) is 0 Å². The first-order valence-corrected chi connectivity index (χ1v) is 8.52. The quantitative estimate of drug-likeness (QED) is 0.620. The van der Waals surface area contributed by atoms with Crippen LogP contribution in [0.3, 0.4) is 0 Å². The molecule has 0 aliphatic heterocycles. The molecule has 0 radical (unpaired) electrons. The minimum absolute atomic E-state index is 0. The topological polar surface area (TPSA) is 76.8 Å². The van der Waals surface area contributed by atoms with Gasteiger partial charge in [-0.1, -0.05) is 20.8 Å². The van der Waals surface area contributed by atoms with Crippen molar-refractivity contribution in [1.29, 1.82) is 0 Å². The van der Waals surface area contributed by atoms with Crippen molar-refractivity contribution >= 4 is 36.4 Å². The highest BCUT2D eigenvalue weighted by Gasteiger charge is 2.17. The number of carbonyl (C=O) groups excluding carboxylic acids is 1. The predicted molar refractivity (Wildman–Crippen MR) is 112 cm³/mol. The molecule has 0 aliphatic rings. The number of hydrogen-bond acceptors (Lipinski definition) is 5. The van der Waals surface area contributed by atoms with Crippen molar-refractivity contribution in [2.24, 2.45) is 11.7 Å². The Morgan fingerprint density at radius 1 is 1.19 bits per heavy atom. The molecule has 152 valence electrons. The number of benzene rings is 1. The van der Waals surface area contributed by atoms with E-state index in [-0.39, 0.29) is 42.7 Å². The largest absolute Gasteiger partial charge is 0.493 e. The van der Waals surface area contributed by atoms with Gasteiger partial charge in [-0.2, -0.15) is 0 Å². The fraction of sp³-hybridized carbons (Fsp3) is 0.611. The van der Waals surface area contributed by atoms with E-state index >= 15 is 0 Å². The van der Waals surface area contributed by atoms with E-state index in [0.29, 0.717) is 23.8 Å². The van der Waals surface area contributed by atoms with Gasteiger partial charge in [0.15, 0.2) is 11.5 Å². The predicted octanol–water partition coefficient (Wildman–Crippen LogP) is 3.18. The number of nitrogens with one attached hydrogen (secondary N) is 1. The maximum Gasteiger partial charge on any atom is 0.228 e. The van der Waals surface area contributed by atoms with Gasteiger partial charge in [0.05, 0.1) is 13.0 Å². The molecule has 1 amide bonds. The number of nitrogens with zero attached hydrogens (tertiary/aromatic N) is 1. The summed E-state index contributed by atoms with van der Waals surface area (Å²) >= 11 is 0. The molecule has 8 heteroatoms. The fourth-order valence-electron chi connectivity index (χ4n) is 2.19. The fourth-order valence-corrected chi connectivity index (χ4v) is 2.19. The van der Waals surface area contributed by atoms with E-state index in [1.807, 2.05) is 13.8 Å². The molecule has 0 saturated heterocycles. The average molecular weight is 410 g/mol. The maximum absolute atomic E-state index is 12.1. The highest BCUT2D eigenvalue weighted by molar-refractivity contribution is 5.93. The smallest absolute Gasteiger partial charge is 0.228 e. The molecule has 0 aliphatic carbocycles. The summed E-state index contributed by atoms with van der Waals surface area (Å²) in [5.41, 5.74) is 6.45. The molecule has 2 unspecified atom stereocenters. The van der Waals surface area contributed by atoms with Crippen LogP contribution in [-0.4, -0.2) is 50.2 Å². The van der Waals surface area contributed by atoms with Crippen molar-refractivity contribution in [3.05, 3.63) is 18.2 Å². The summed E-state index contributed by atoms with van der Waals surface area (Å²) in [7, 11) is 1.60. The molecule has 6 nitrogen and oxygen atoms in total. The zero-order valence-corrected chi connectivity index (χ0v) is 17.9. The van der Waals surface area contributed by atoms with E-state index in [4.69, 9.17) is 15.2 Å². The third-order valence-corrected chi connectivity index (χ3v) is 4.19. The molecule has 0 bridgehead atoms. The van der Waals surface area contributed by atoms with Crippen LogP contribution in [0.4, 0.5) is 5.69 Å². The number of anilines is 1. The third kappa shape index (κ3) is 8.45. The SMILES string of the molecule is CCN(CC)CCOc1cc(NC(=O)C(C)C(C)N)ccc1OC.Cl.Cl. The first kappa shape index (κ1) is 27.0. The molecule has 0 spiro atoms. The van der Waals surface area contributed by atoms with E-state index < -0.39 is 0 Å². The second-order valence-electron chi connectivity index (χ2n) is 5.88. The van der Waals surface area contributed by atoms with Crippen molar-refractivity contribution in [1.82, 2.24) is 4.90 Å². The van der Waals surface area contributed by atoms with E-state index in [2.05, 4.69) is 24.1 Å². The van der Waals surface area contributed by atoms with Crippen LogP contribution in [0, 0.1) is 5.92 Å². The standard InChI is InChI=1S/C18H31N3O3.2ClH/c1-6-21(7-2)10-11-24-17-12-15(8-9-16(17)23-5)20-18(22)13(3)14(4)19;;/h8-9,12-14H,6-7,10-11,19H2,1-5H3,(H,20,22);2*1H. The van der Waals surface area contributed by atoms with Crippen molar-refractivity contribution in [3.63, 3.8) is 0 Å². The van der Waals surface area contributed by atoms with Gasteiger partial charge >= 0.3 is 0 Å². The summed E-state index contributed by atoms with van der Waals surface area (Å²) in [6, 6.07) is 5.17. The number of ether oxygens (including phenoxy) is 2. The summed E-state index contributed by atoms with van der Waals surface area (Å²) in [4.78, 5) is 14.4. The van der Waals surface area contributed by atoms with Crippen molar-refractivity contribution in [2.45, 2.75) is 33.7 Å². The number of methoxy groups -OCH3 is 1. The second kappa shape index (κ2) is 13.9. The Morgan fingerprint density at radius 3 is 2.31 bits per heavy atom. The molecule has 0 fully saturated rings. The summed E-state index contributed by atoms with van der Waals surface area (Å²) < 4.78 is 11.2. The molecule has 26 heavy (non-hydrogen) atoms. The van der Waals surface area contributed by atoms with E-state index in [0.717, 1.165) is 19.6 Å². The van der Waals surface area contributed by atoms with Crippen LogP contribution in [0.1, 0.15) is 27.7 Å². The van der Waals surface area contributed by atoms with Crippen molar-refractivity contribution in [3.8, 4) is 11.5 Å². The van der Waals surface area contributed by atoms with E-state index in [1.54, 1.807) is 25.3 Å². The molecule has 2 atom stereocenters. The molecule has 1 aromatic carbocycles. The molecule has 3 N–H and O–H groups in total. The van der Waals surface area contributed by atoms with Gasteiger partial charge in [0.2, 0.25) is 5.91 Å². The van der Waals surface area contributed by atoms with Gasteiger partial charge < -0.3 is 25.4 Å². The zero-order valence-electron chi connectivity index (χ0n) is 16.3. The number of amides is 1. The first-order chi connectivity index (χ1) is 11.4. The van der Waals surface area contributed by atoms with Gasteiger partial charge in [-0.25, -0.2) is 0 Å². The van der Waals surface area contributed by atoms with Crippen LogP contribution >= 0.6 is 24.8 Å². The number of likely N-dealkylation sites (N-methyl/N-ethyl adjacent to an activating group) is 1. The molecule has 0 saturated carbocycles. The number of halogens is 2. The number of carbonyl (C=O) groups is 1. The number of rotatable bonds is 10. The monoisotopic (exact) mass is 409 g/mol. The van der Waals surface area contributed by atoms with Gasteiger partial charge in [-0.15, -0.1) is 24.8 Å². The van der Waals surface area contributed by atoms with Gasteiger partial charge in [0.1, 0.15) is 6.61 Å². The van der Waals surface area contributed by atoms with Crippen LogP contribution in [0.25, 0.3) is 0 Å². The van der Waals surface area contributed by atoms with Crippen LogP contribution in [-0.2, 0) is 4.79 Å². The van der Waals surface area contributed by atoms with Crippen molar-refractivity contribution < 1.29 is 14.3 Å². The molecule has 1 rings (SSSR count). The lowest BCUT2D eigenvalue weighted by Crippen LogP contribution is -2.34. The molecule has 1 aromatic rings. The molecular weight excluding hydrogens is 377 g/mol. The van der Waals surface area contributed by atoms with Gasteiger partial charge in [0.25, 0.3) is 0 Å². The summed E-state index contributed by atoms with van der Waals surface area (Å²) in [5, 5.41) is 2.87.